The highest BCUT2D eigenvalue weighted by atomic mass is 16.6. The highest BCUT2D eigenvalue weighted by Gasteiger charge is 2.75. The van der Waals surface area contributed by atoms with Gasteiger partial charge in [-0.25, -0.2) is 0 Å². The van der Waals surface area contributed by atoms with Crippen LogP contribution in [0.25, 0.3) is 0 Å². The monoisotopic (exact) mass is 572 g/mol. The number of hydrogen-bond donors (Lipinski definition) is 1. The van der Waals surface area contributed by atoms with E-state index in [1.807, 2.05) is 30.1 Å². The fourth-order valence-corrected chi connectivity index (χ4v) is 7.96. The van der Waals surface area contributed by atoms with Crippen LogP contribution >= 0.6 is 0 Å². The van der Waals surface area contributed by atoms with Gasteiger partial charge in [0.25, 0.3) is 0 Å². The first-order chi connectivity index (χ1) is 19.3. The van der Waals surface area contributed by atoms with Crippen molar-refractivity contribution in [1.29, 1.82) is 0 Å². The van der Waals surface area contributed by atoms with Crippen LogP contribution in [0.3, 0.4) is 0 Å². The second-order valence-corrected chi connectivity index (χ2v) is 14.3. The molecule has 1 spiro atoms. The number of hydrogen-bond acceptors (Lipinski definition) is 6. The number of allylic oxidation sites excluding steroid dienone is 1. The standard InChI is InChI=1S/C33H52N2O6/c1-7-32-17-12-8-11-15-22-40-29(39)25(32)24-27(37)34(19-13-9-10-14-21-36)26-28(38)35(20-16-18-33(24,26)41-32)31(5,6)23-30(2,3)4/h12,16-18,24-26,36H,7-11,13-15,19-23H2,1-6H3/b17-12-/t24-,25+,26?,32-,33-/m0/s1. The van der Waals surface area contributed by atoms with Gasteiger partial charge in [-0.1, -0.05) is 64.8 Å². The van der Waals surface area contributed by atoms with Gasteiger partial charge in [0.15, 0.2) is 0 Å². The molecule has 1 unspecified atom stereocenters. The molecule has 0 radical (unpaired) electrons. The highest BCUT2D eigenvalue weighted by molar-refractivity contribution is 5.99. The number of fused-ring (bicyclic) bond motifs is 2. The number of esters is 1. The molecule has 2 amide bonds. The summed E-state index contributed by atoms with van der Waals surface area (Å²) in [6.07, 6.45) is 14.9. The molecule has 41 heavy (non-hydrogen) atoms. The predicted molar refractivity (Wildman–Crippen MR) is 158 cm³/mol. The van der Waals surface area contributed by atoms with Crippen LogP contribution in [0, 0.1) is 17.3 Å². The van der Waals surface area contributed by atoms with Gasteiger partial charge < -0.3 is 24.4 Å². The summed E-state index contributed by atoms with van der Waals surface area (Å²) >= 11 is 0. The maximum atomic E-state index is 14.8. The maximum absolute atomic E-state index is 14.8. The van der Waals surface area contributed by atoms with Gasteiger partial charge in [0.05, 0.1) is 12.5 Å². The molecule has 4 heterocycles. The molecule has 8 heteroatoms. The van der Waals surface area contributed by atoms with Crippen molar-refractivity contribution in [2.24, 2.45) is 17.3 Å². The number of ether oxygens (including phenoxy) is 2. The Hall–Kier alpha value is -2.19. The van der Waals surface area contributed by atoms with Gasteiger partial charge in [-0.15, -0.1) is 0 Å². The minimum absolute atomic E-state index is 0.00888. The van der Waals surface area contributed by atoms with E-state index in [0.717, 1.165) is 38.5 Å². The molecule has 4 aliphatic heterocycles. The minimum atomic E-state index is -1.26. The Balaban J connectivity index is 1.81. The number of likely N-dealkylation sites (tertiary alicyclic amines) is 1. The quantitative estimate of drug-likeness (QED) is 0.242. The molecule has 0 saturated carbocycles. The van der Waals surface area contributed by atoms with Crippen molar-refractivity contribution in [3.63, 3.8) is 0 Å². The maximum Gasteiger partial charge on any atom is 0.313 e. The summed E-state index contributed by atoms with van der Waals surface area (Å²) in [7, 11) is 0. The Morgan fingerprint density at radius 2 is 1.68 bits per heavy atom. The van der Waals surface area contributed by atoms with Crippen LogP contribution < -0.4 is 0 Å². The number of aliphatic hydroxyl groups excluding tert-OH is 1. The van der Waals surface area contributed by atoms with Crippen LogP contribution in [0.5, 0.6) is 0 Å². The number of unbranched alkanes of at least 4 members (excludes halogenated alkanes) is 3. The van der Waals surface area contributed by atoms with Crippen molar-refractivity contribution in [3.8, 4) is 0 Å². The number of carbonyl (C=O) groups excluding carboxylic acids is 3. The van der Waals surface area contributed by atoms with E-state index >= 15 is 0 Å². The summed E-state index contributed by atoms with van der Waals surface area (Å²) in [5.74, 6) is -2.40. The van der Waals surface area contributed by atoms with Crippen molar-refractivity contribution in [2.45, 2.75) is 122 Å². The highest BCUT2D eigenvalue weighted by Crippen LogP contribution is 2.58. The van der Waals surface area contributed by atoms with Crippen LogP contribution in [0.15, 0.2) is 24.3 Å². The summed E-state index contributed by atoms with van der Waals surface area (Å²) in [5, 5.41) is 9.21. The summed E-state index contributed by atoms with van der Waals surface area (Å²) in [6.45, 7) is 14.0. The molecule has 0 aromatic carbocycles. The van der Waals surface area contributed by atoms with Crippen molar-refractivity contribution < 1.29 is 29.0 Å². The Labute approximate surface area is 246 Å². The van der Waals surface area contributed by atoms with E-state index < -0.39 is 40.6 Å². The fourth-order valence-electron chi connectivity index (χ4n) is 7.96. The van der Waals surface area contributed by atoms with Gasteiger partial charge in [-0.2, -0.15) is 0 Å². The second kappa shape index (κ2) is 12.2. The normalized spacial score (nSPS) is 33.2. The van der Waals surface area contributed by atoms with Crippen LogP contribution in [0.4, 0.5) is 0 Å². The largest absolute Gasteiger partial charge is 0.465 e. The van der Waals surface area contributed by atoms with E-state index in [2.05, 4.69) is 40.7 Å². The van der Waals surface area contributed by atoms with Gasteiger partial charge in [0.2, 0.25) is 11.8 Å². The van der Waals surface area contributed by atoms with Gasteiger partial charge in [-0.3, -0.25) is 14.4 Å². The molecule has 4 rings (SSSR count). The van der Waals surface area contributed by atoms with Crippen LogP contribution in [-0.2, 0) is 23.9 Å². The summed E-state index contributed by atoms with van der Waals surface area (Å²) in [6, 6.07) is -0.863. The van der Waals surface area contributed by atoms with Crippen LogP contribution in [0.1, 0.15) is 99.3 Å². The zero-order valence-corrected chi connectivity index (χ0v) is 26.1. The van der Waals surface area contributed by atoms with Crippen LogP contribution in [-0.4, -0.2) is 81.8 Å². The average molecular weight is 573 g/mol. The van der Waals surface area contributed by atoms with E-state index in [9.17, 15) is 19.5 Å². The smallest absolute Gasteiger partial charge is 0.313 e. The van der Waals surface area contributed by atoms with E-state index in [4.69, 9.17) is 9.47 Å². The molecular formula is C33H52N2O6. The first-order valence-electron chi connectivity index (χ1n) is 15.8. The third-order valence-electron chi connectivity index (χ3n) is 9.38. The first-order valence-corrected chi connectivity index (χ1v) is 15.8. The molecule has 8 nitrogen and oxygen atoms in total. The number of carbonyl (C=O) groups is 3. The zero-order chi connectivity index (χ0) is 30.1. The molecule has 230 valence electrons. The Kier molecular flexibility index (Phi) is 9.44. The van der Waals surface area contributed by atoms with E-state index in [0.29, 0.717) is 39.0 Å². The summed E-state index contributed by atoms with van der Waals surface area (Å²) in [5.41, 5.74) is -2.76. The molecule has 0 aromatic rings. The lowest BCUT2D eigenvalue weighted by atomic mass is 9.73. The Bertz CT molecular complexity index is 1040. The van der Waals surface area contributed by atoms with Crippen molar-refractivity contribution in [2.75, 3.05) is 26.3 Å². The molecule has 0 bridgehead atoms. The molecule has 5 atom stereocenters. The zero-order valence-electron chi connectivity index (χ0n) is 26.1. The van der Waals surface area contributed by atoms with Crippen molar-refractivity contribution >= 4 is 17.8 Å². The first kappa shape index (κ1) is 31.7. The lowest BCUT2D eigenvalue weighted by Crippen LogP contribution is -2.60. The predicted octanol–water partition coefficient (Wildman–Crippen LogP) is 4.80. The van der Waals surface area contributed by atoms with Gasteiger partial charge in [0.1, 0.15) is 23.2 Å². The minimum Gasteiger partial charge on any atom is -0.465 e. The van der Waals surface area contributed by atoms with E-state index in [1.165, 1.54) is 0 Å². The number of aliphatic hydroxyl groups is 1. The average Bonchev–Trinajstić information content (AvgIpc) is 3.23. The molecule has 2 fully saturated rings. The molecule has 4 aliphatic rings. The lowest BCUT2D eigenvalue weighted by molar-refractivity contribution is -0.162. The van der Waals surface area contributed by atoms with Gasteiger partial charge in [0, 0.05) is 25.2 Å². The van der Waals surface area contributed by atoms with Crippen molar-refractivity contribution in [3.05, 3.63) is 24.3 Å². The van der Waals surface area contributed by atoms with Gasteiger partial charge >= 0.3 is 5.97 Å². The molecule has 1 N–H and O–H groups in total. The topological polar surface area (TPSA) is 96.4 Å². The number of amides is 2. The number of rotatable bonds is 9. The molecular weight excluding hydrogens is 520 g/mol. The van der Waals surface area contributed by atoms with Crippen LogP contribution in [0.2, 0.25) is 0 Å². The summed E-state index contributed by atoms with van der Waals surface area (Å²) < 4.78 is 12.8. The lowest BCUT2D eigenvalue weighted by Gasteiger charge is -2.45. The fraction of sp³-hybridized carbons (Fsp3) is 0.788. The van der Waals surface area contributed by atoms with E-state index in [1.54, 1.807) is 4.90 Å². The van der Waals surface area contributed by atoms with Gasteiger partial charge in [-0.05, 0) is 64.2 Å². The third kappa shape index (κ3) is 6.01. The Morgan fingerprint density at radius 3 is 2.37 bits per heavy atom. The third-order valence-corrected chi connectivity index (χ3v) is 9.38. The van der Waals surface area contributed by atoms with E-state index in [-0.39, 0.29) is 23.8 Å². The SMILES string of the molecule is CC[C@]12/C=C\CCCCOC(=O)[C@H]1[C@H]1C(=O)N(CCCCCCO)C3C(=O)N(C(C)(C)CC(C)(C)C)CC=C[C@@]31O2. The number of nitrogens with zero attached hydrogens (tertiary/aromatic N) is 2. The number of cyclic esters (lactones) is 1. The van der Waals surface area contributed by atoms with Crippen molar-refractivity contribution in [1.82, 2.24) is 9.80 Å². The second-order valence-electron chi connectivity index (χ2n) is 14.3. The molecule has 2 saturated heterocycles. The Morgan fingerprint density at radius 1 is 0.951 bits per heavy atom. The summed E-state index contributed by atoms with van der Waals surface area (Å²) in [4.78, 5) is 46.6. The molecule has 0 aromatic heterocycles. The molecule has 0 aliphatic carbocycles.